The van der Waals surface area contributed by atoms with E-state index >= 15 is 0 Å². The molecule has 1 N–H and O–H groups in total. The predicted molar refractivity (Wildman–Crippen MR) is 68.0 cm³/mol. The number of nitrogens with one attached hydrogen (secondary N) is 1. The smallest absolute Gasteiger partial charge is 0.0700 e. The van der Waals surface area contributed by atoms with Crippen LogP contribution in [0.2, 0.25) is 0 Å². The van der Waals surface area contributed by atoms with E-state index in [9.17, 15) is 0 Å². The molecule has 4 heteroatoms. The SMILES string of the molecule is COCCOCCCN[C@@H](C)c1ccccn1. The van der Waals surface area contributed by atoms with E-state index in [1.807, 2.05) is 24.4 Å². The maximum absolute atomic E-state index is 5.38. The van der Waals surface area contributed by atoms with Crippen LogP contribution in [0.5, 0.6) is 0 Å². The van der Waals surface area contributed by atoms with Crippen LogP contribution >= 0.6 is 0 Å². The Morgan fingerprint density at radius 2 is 2.18 bits per heavy atom. The van der Waals surface area contributed by atoms with E-state index < -0.39 is 0 Å². The number of pyridine rings is 1. The molecule has 0 aliphatic carbocycles. The van der Waals surface area contributed by atoms with Crippen LogP contribution < -0.4 is 5.32 Å². The largest absolute Gasteiger partial charge is 0.382 e. The zero-order valence-electron chi connectivity index (χ0n) is 10.7. The third-order valence-corrected chi connectivity index (χ3v) is 2.48. The highest BCUT2D eigenvalue weighted by Crippen LogP contribution is 2.07. The third-order valence-electron chi connectivity index (χ3n) is 2.48. The van der Waals surface area contributed by atoms with Gasteiger partial charge in [0.15, 0.2) is 0 Å². The lowest BCUT2D eigenvalue weighted by Gasteiger charge is -2.12. The highest BCUT2D eigenvalue weighted by Gasteiger charge is 2.03. The van der Waals surface area contributed by atoms with Gasteiger partial charge in [-0.15, -0.1) is 0 Å². The van der Waals surface area contributed by atoms with Crippen molar-refractivity contribution in [3.05, 3.63) is 30.1 Å². The van der Waals surface area contributed by atoms with Crippen LogP contribution in [0.1, 0.15) is 25.1 Å². The molecule has 0 fully saturated rings. The molecule has 0 amide bonds. The Labute approximate surface area is 103 Å². The zero-order chi connectivity index (χ0) is 12.3. The highest BCUT2D eigenvalue weighted by molar-refractivity contribution is 5.07. The molecule has 0 spiro atoms. The molecule has 1 aromatic rings. The molecular formula is C13H22N2O2. The molecule has 0 saturated carbocycles. The highest BCUT2D eigenvalue weighted by atomic mass is 16.5. The first-order valence-electron chi connectivity index (χ1n) is 6.05. The average molecular weight is 238 g/mol. The molecular weight excluding hydrogens is 216 g/mol. The summed E-state index contributed by atoms with van der Waals surface area (Å²) in [5, 5.41) is 3.42. The molecule has 1 heterocycles. The van der Waals surface area contributed by atoms with Crippen molar-refractivity contribution in [3.8, 4) is 0 Å². The van der Waals surface area contributed by atoms with Gasteiger partial charge in [0, 0.05) is 26.0 Å². The summed E-state index contributed by atoms with van der Waals surface area (Å²) in [7, 11) is 1.68. The maximum atomic E-state index is 5.38. The van der Waals surface area contributed by atoms with E-state index in [1.165, 1.54) is 0 Å². The Hall–Kier alpha value is -0.970. The molecule has 0 bridgehead atoms. The lowest BCUT2D eigenvalue weighted by Crippen LogP contribution is -2.21. The van der Waals surface area contributed by atoms with Crippen LogP contribution in [-0.2, 0) is 9.47 Å². The van der Waals surface area contributed by atoms with E-state index in [4.69, 9.17) is 9.47 Å². The van der Waals surface area contributed by atoms with E-state index in [1.54, 1.807) is 7.11 Å². The van der Waals surface area contributed by atoms with Crippen LogP contribution in [0.3, 0.4) is 0 Å². The molecule has 0 unspecified atom stereocenters. The van der Waals surface area contributed by atoms with Crippen molar-refractivity contribution in [2.75, 3.05) is 33.5 Å². The van der Waals surface area contributed by atoms with Gasteiger partial charge in [0.05, 0.1) is 18.9 Å². The van der Waals surface area contributed by atoms with Crippen LogP contribution in [0.25, 0.3) is 0 Å². The van der Waals surface area contributed by atoms with E-state index in [2.05, 4.69) is 17.2 Å². The van der Waals surface area contributed by atoms with Gasteiger partial charge >= 0.3 is 0 Å². The summed E-state index contributed by atoms with van der Waals surface area (Å²) in [5.74, 6) is 0. The first-order valence-corrected chi connectivity index (χ1v) is 6.05. The van der Waals surface area contributed by atoms with Crippen molar-refractivity contribution in [2.45, 2.75) is 19.4 Å². The number of methoxy groups -OCH3 is 1. The molecule has 1 rings (SSSR count). The first-order chi connectivity index (χ1) is 8.34. The maximum Gasteiger partial charge on any atom is 0.0700 e. The van der Waals surface area contributed by atoms with Gasteiger partial charge in [0.25, 0.3) is 0 Å². The minimum absolute atomic E-state index is 0.287. The Morgan fingerprint density at radius 1 is 1.29 bits per heavy atom. The van der Waals surface area contributed by atoms with Crippen molar-refractivity contribution in [3.63, 3.8) is 0 Å². The predicted octanol–water partition coefficient (Wildman–Crippen LogP) is 1.79. The van der Waals surface area contributed by atoms with E-state index in [0.717, 1.165) is 25.3 Å². The minimum atomic E-state index is 0.287. The fraction of sp³-hybridized carbons (Fsp3) is 0.615. The monoisotopic (exact) mass is 238 g/mol. The number of rotatable bonds is 9. The number of hydrogen-bond acceptors (Lipinski definition) is 4. The summed E-state index contributed by atoms with van der Waals surface area (Å²) in [6.07, 6.45) is 2.82. The average Bonchev–Trinajstić information content (AvgIpc) is 2.38. The van der Waals surface area contributed by atoms with Gasteiger partial charge in [0.2, 0.25) is 0 Å². The summed E-state index contributed by atoms with van der Waals surface area (Å²) < 4.78 is 10.3. The van der Waals surface area contributed by atoms with Crippen LogP contribution in [0, 0.1) is 0 Å². The van der Waals surface area contributed by atoms with Gasteiger partial charge in [-0.25, -0.2) is 0 Å². The second kappa shape index (κ2) is 9.10. The molecule has 0 saturated heterocycles. The fourth-order valence-electron chi connectivity index (χ4n) is 1.47. The lowest BCUT2D eigenvalue weighted by atomic mass is 10.2. The summed E-state index contributed by atoms with van der Waals surface area (Å²) in [6.45, 7) is 5.16. The number of nitrogens with zero attached hydrogens (tertiary/aromatic N) is 1. The summed E-state index contributed by atoms with van der Waals surface area (Å²) in [5.41, 5.74) is 1.08. The van der Waals surface area contributed by atoms with E-state index in [0.29, 0.717) is 13.2 Å². The Morgan fingerprint density at radius 3 is 2.88 bits per heavy atom. The number of aromatic nitrogens is 1. The van der Waals surface area contributed by atoms with Gasteiger partial charge in [0.1, 0.15) is 0 Å². The summed E-state index contributed by atoms with van der Waals surface area (Å²) >= 11 is 0. The second-order valence-corrected chi connectivity index (χ2v) is 3.89. The van der Waals surface area contributed by atoms with Gasteiger partial charge in [-0.3, -0.25) is 4.98 Å². The third kappa shape index (κ3) is 6.36. The Kier molecular flexibility index (Phi) is 7.54. The fourth-order valence-corrected chi connectivity index (χ4v) is 1.47. The van der Waals surface area contributed by atoms with Crippen molar-refractivity contribution in [1.82, 2.24) is 10.3 Å². The standard InChI is InChI=1S/C13H22N2O2/c1-12(13-6-3-4-7-15-13)14-8-5-9-17-11-10-16-2/h3-4,6-7,12,14H,5,8-11H2,1-2H3/t12-/m0/s1. The molecule has 0 radical (unpaired) electrons. The van der Waals surface area contributed by atoms with Crippen molar-refractivity contribution < 1.29 is 9.47 Å². The minimum Gasteiger partial charge on any atom is -0.382 e. The van der Waals surface area contributed by atoms with Crippen LogP contribution in [0.4, 0.5) is 0 Å². The van der Waals surface area contributed by atoms with E-state index in [-0.39, 0.29) is 6.04 Å². The zero-order valence-corrected chi connectivity index (χ0v) is 10.7. The molecule has 1 aromatic heterocycles. The van der Waals surface area contributed by atoms with Gasteiger partial charge < -0.3 is 14.8 Å². The van der Waals surface area contributed by atoms with Gasteiger partial charge in [-0.2, -0.15) is 0 Å². The quantitative estimate of drug-likeness (QED) is 0.666. The number of ether oxygens (including phenoxy) is 2. The molecule has 4 nitrogen and oxygen atoms in total. The van der Waals surface area contributed by atoms with Crippen molar-refractivity contribution in [2.24, 2.45) is 0 Å². The summed E-state index contributed by atoms with van der Waals surface area (Å²) in [6, 6.07) is 6.26. The molecule has 96 valence electrons. The lowest BCUT2D eigenvalue weighted by molar-refractivity contribution is 0.0693. The molecule has 17 heavy (non-hydrogen) atoms. The van der Waals surface area contributed by atoms with Gasteiger partial charge in [-0.1, -0.05) is 6.07 Å². The number of hydrogen-bond donors (Lipinski definition) is 1. The Balaban J connectivity index is 2.03. The molecule has 0 aliphatic heterocycles. The van der Waals surface area contributed by atoms with Crippen molar-refractivity contribution >= 4 is 0 Å². The van der Waals surface area contributed by atoms with Crippen LogP contribution in [-0.4, -0.2) is 38.5 Å². The topological polar surface area (TPSA) is 43.4 Å². The first kappa shape index (κ1) is 14.1. The summed E-state index contributed by atoms with van der Waals surface area (Å²) in [4.78, 5) is 4.31. The normalized spacial score (nSPS) is 12.6. The molecule has 0 aliphatic rings. The molecule has 1 atom stereocenters. The van der Waals surface area contributed by atoms with Crippen LogP contribution in [0.15, 0.2) is 24.4 Å². The van der Waals surface area contributed by atoms with Gasteiger partial charge in [-0.05, 0) is 32.0 Å². The second-order valence-electron chi connectivity index (χ2n) is 3.89. The molecule has 0 aromatic carbocycles. The Bertz CT molecular complexity index is 280. The van der Waals surface area contributed by atoms with Crippen molar-refractivity contribution in [1.29, 1.82) is 0 Å².